The zero-order valence-electron chi connectivity index (χ0n) is 4.04. The summed E-state index contributed by atoms with van der Waals surface area (Å²) in [5, 5.41) is 0. The fourth-order valence-electron chi connectivity index (χ4n) is 0.169. The molecule has 0 aliphatic carbocycles. The van der Waals surface area contributed by atoms with Gasteiger partial charge in [-0.25, -0.2) is 0 Å². The summed E-state index contributed by atoms with van der Waals surface area (Å²) in [5.74, 6) is 0. The molecule has 0 bridgehead atoms. The van der Waals surface area contributed by atoms with Gasteiger partial charge in [-0.15, -0.1) is 0 Å². The predicted octanol–water partition coefficient (Wildman–Crippen LogP) is 2.41. The van der Waals surface area contributed by atoms with Crippen molar-refractivity contribution < 1.29 is 13.3 Å². The van der Waals surface area contributed by atoms with Gasteiger partial charge in [0.25, 0.3) is 0 Å². The zero-order chi connectivity index (χ0) is 6.78. The van der Waals surface area contributed by atoms with Crippen LogP contribution in [-0.4, -0.2) is 14.7 Å². The first-order valence-corrected chi connectivity index (χ1v) is 4.45. The average molecular weight is 181 g/mol. The first-order valence-electron chi connectivity index (χ1n) is 1.72. The number of rotatable bonds is 2. The molecule has 0 aliphatic heterocycles. The van der Waals surface area contributed by atoms with E-state index < -0.39 is 15.6 Å². The molecule has 0 amide bonds. The molecule has 0 aromatic rings. The number of halogens is 2. The van der Waals surface area contributed by atoms with Crippen molar-refractivity contribution in [3.05, 3.63) is 0 Å². The van der Waals surface area contributed by atoms with Crippen LogP contribution in [0.3, 0.4) is 0 Å². The number of alkyl halides is 1. The summed E-state index contributed by atoms with van der Waals surface area (Å²) in [4.78, 5) is 0. The second-order valence-corrected chi connectivity index (χ2v) is 3.95. The molecule has 6 heteroatoms. The van der Waals surface area contributed by atoms with Crippen LogP contribution in [-0.2, 0) is 4.18 Å². The first-order chi connectivity index (χ1) is 3.42. The smallest absolute Gasteiger partial charge is 0.178 e. The molecule has 0 radical (unpaired) electrons. The molecule has 1 atom stereocenters. The molecule has 0 aliphatic rings. The highest BCUT2D eigenvalue weighted by Crippen LogP contribution is 2.46. The monoisotopic (exact) mass is 180 g/mol. The SMILES string of the molecule is CC(Cl)OS(O)(O)Cl. The third-order valence-electron chi connectivity index (χ3n) is 0.255. The van der Waals surface area contributed by atoms with Gasteiger partial charge in [-0.3, -0.25) is 13.3 Å². The lowest BCUT2D eigenvalue weighted by Gasteiger charge is -2.18. The van der Waals surface area contributed by atoms with Crippen LogP contribution in [0.25, 0.3) is 0 Å². The van der Waals surface area contributed by atoms with E-state index in [-0.39, 0.29) is 0 Å². The summed E-state index contributed by atoms with van der Waals surface area (Å²) in [5.41, 5.74) is -0.780. The zero-order valence-corrected chi connectivity index (χ0v) is 6.37. The van der Waals surface area contributed by atoms with Gasteiger partial charge < -0.3 is 0 Å². The summed E-state index contributed by atoms with van der Waals surface area (Å²) < 4.78 is 20.7. The number of hydrogen-bond acceptors (Lipinski definition) is 3. The minimum atomic E-state index is -3.38. The molecule has 2 N–H and O–H groups in total. The van der Waals surface area contributed by atoms with Crippen LogP contribution in [0.5, 0.6) is 0 Å². The largest absolute Gasteiger partial charge is 0.296 e. The Balaban J connectivity index is 3.39. The molecule has 8 heavy (non-hydrogen) atoms. The molecule has 0 saturated heterocycles. The van der Waals surface area contributed by atoms with E-state index >= 15 is 0 Å². The minimum Gasteiger partial charge on any atom is -0.296 e. The quantitative estimate of drug-likeness (QED) is 0.643. The van der Waals surface area contributed by atoms with E-state index in [2.05, 4.69) is 4.18 Å². The van der Waals surface area contributed by atoms with Crippen molar-refractivity contribution in [1.29, 1.82) is 0 Å². The second kappa shape index (κ2) is 3.10. The van der Waals surface area contributed by atoms with E-state index in [9.17, 15) is 0 Å². The van der Waals surface area contributed by atoms with E-state index in [1.807, 2.05) is 0 Å². The summed E-state index contributed by atoms with van der Waals surface area (Å²) in [6.45, 7) is 1.43. The topological polar surface area (TPSA) is 49.7 Å². The molecule has 0 heterocycles. The summed E-state index contributed by atoms with van der Waals surface area (Å²) in [7, 11) is 1.43. The Hall–Kier alpha value is 0.810. The van der Waals surface area contributed by atoms with Gasteiger partial charge in [0.1, 0.15) is 5.56 Å². The second-order valence-electron chi connectivity index (χ2n) is 1.07. The molecule has 0 aromatic heterocycles. The van der Waals surface area contributed by atoms with Gasteiger partial charge in [0.2, 0.25) is 0 Å². The molecular weight excluding hydrogens is 175 g/mol. The maximum absolute atomic E-state index is 8.29. The molecular formula is C2H6Cl2O3S. The summed E-state index contributed by atoms with van der Waals surface area (Å²) >= 11 is 5.16. The van der Waals surface area contributed by atoms with E-state index in [1.54, 1.807) is 0 Å². The highest BCUT2D eigenvalue weighted by molar-refractivity contribution is 8.39. The van der Waals surface area contributed by atoms with Crippen LogP contribution in [0.15, 0.2) is 0 Å². The van der Waals surface area contributed by atoms with Crippen LogP contribution in [0.4, 0.5) is 0 Å². The van der Waals surface area contributed by atoms with Crippen molar-refractivity contribution in [3.63, 3.8) is 0 Å². The van der Waals surface area contributed by atoms with Gasteiger partial charge in [-0.1, -0.05) is 11.6 Å². The third-order valence-corrected chi connectivity index (χ3v) is 1.20. The minimum absolute atomic E-state index is 0.780. The van der Waals surface area contributed by atoms with Crippen LogP contribution in [0.1, 0.15) is 6.92 Å². The van der Waals surface area contributed by atoms with Crippen LogP contribution >= 0.6 is 32.4 Å². The predicted molar refractivity (Wildman–Crippen MR) is 35.1 cm³/mol. The van der Waals surface area contributed by atoms with E-state index in [4.69, 9.17) is 31.4 Å². The maximum atomic E-state index is 8.29. The van der Waals surface area contributed by atoms with E-state index in [1.165, 1.54) is 6.92 Å². The van der Waals surface area contributed by atoms with Crippen LogP contribution in [0.2, 0.25) is 0 Å². The fourth-order valence-corrected chi connectivity index (χ4v) is 1.25. The molecule has 1 unspecified atom stereocenters. The maximum Gasteiger partial charge on any atom is 0.178 e. The Morgan fingerprint density at radius 3 is 2.00 bits per heavy atom. The molecule has 0 fully saturated rings. The van der Waals surface area contributed by atoms with Crippen molar-refractivity contribution >= 4 is 32.4 Å². The lowest BCUT2D eigenvalue weighted by atomic mass is 10.9. The van der Waals surface area contributed by atoms with Crippen LogP contribution < -0.4 is 0 Å². The highest BCUT2D eigenvalue weighted by atomic mass is 35.7. The number of hydrogen-bond donors (Lipinski definition) is 2. The first kappa shape index (κ1) is 8.81. The summed E-state index contributed by atoms with van der Waals surface area (Å²) in [6.07, 6.45) is 0. The molecule has 0 aromatic carbocycles. The fraction of sp³-hybridized carbons (Fsp3) is 1.00. The van der Waals surface area contributed by atoms with Gasteiger partial charge in [0.15, 0.2) is 10.1 Å². The van der Waals surface area contributed by atoms with Gasteiger partial charge in [-0.05, 0) is 6.92 Å². The molecule has 0 saturated carbocycles. The molecule has 0 spiro atoms. The Morgan fingerprint density at radius 2 is 2.00 bits per heavy atom. The van der Waals surface area contributed by atoms with E-state index in [0.717, 1.165) is 0 Å². The lowest BCUT2D eigenvalue weighted by Crippen LogP contribution is -2.00. The van der Waals surface area contributed by atoms with Crippen molar-refractivity contribution in [3.8, 4) is 0 Å². The molecule has 3 nitrogen and oxygen atoms in total. The Morgan fingerprint density at radius 1 is 1.62 bits per heavy atom. The average Bonchev–Trinajstić information content (AvgIpc) is 1.21. The van der Waals surface area contributed by atoms with Gasteiger partial charge in [0.05, 0.1) is 0 Å². The van der Waals surface area contributed by atoms with Gasteiger partial charge in [-0.2, -0.15) is 0 Å². The van der Waals surface area contributed by atoms with Crippen molar-refractivity contribution in [2.45, 2.75) is 12.5 Å². The van der Waals surface area contributed by atoms with Gasteiger partial charge >= 0.3 is 0 Å². The normalized spacial score (nSPS) is 18.1. The Kier molecular flexibility index (Phi) is 3.41. The third kappa shape index (κ3) is 6.81. The summed E-state index contributed by atoms with van der Waals surface area (Å²) in [6, 6.07) is 0. The lowest BCUT2D eigenvalue weighted by molar-refractivity contribution is 0.265. The Bertz CT molecular complexity index is 70.2. The van der Waals surface area contributed by atoms with Crippen LogP contribution in [0, 0.1) is 0 Å². The van der Waals surface area contributed by atoms with Crippen molar-refractivity contribution in [2.24, 2.45) is 0 Å². The van der Waals surface area contributed by atoms with Crippen molar-refractivity contribution in [1.82, 2.24) is 0 Å². The van der Waals surface area contributed by atoms with Crippen molar-refractivity contribution in [2.75, 3.05) is 0 Å². The Labute approximate surface area is 58.6 Å². The standard InChI is InChI=1S/C2H6Cl2O3S/c1-2(3)7-8(4,5)6/h2,5-6H,1H3. The molecule has 52 valence electrons. The van der Waals surface area contributed by atoms with E-state index in [0.29, 0.717) is 0 Å². The van der Waals surface area contributed by atoms with Gasteiger partial charge in [0, 0.05) is 10.7 Å². The molecule has 0 rings (SSSR count). The highest BCUT2D eigenvalue weighted by Gasteiger charge is 2.15.